The number of halogens is 2. The topological polar surface area (TPSA) is 29.1 Å². The molecule has 0 aromatic heterocycles. The maximum Gasteiger partial charge on any atom is 0.244 e. The summed E-state index contributed by atoms with van der Waals surface area (Å²) in [6, 6.07) is 4.73. The first-order chi connectivity index (χ1) is 8.02. The highest BCUT2D eigenvalue weighted by Crippen LogP contribution is 2.16. The van der Waals surface area contributed by atoms with Crippen LogP contribution in [0.2, 0.25) is 0 Å². The minimum absolute atomic E-state index is 0.125. The summed E-state index contributed by atoms with van der Waals surface area (Å²) >= 11 is 3.25. The van der Waals surface area contributed by atoms with Gasteiger partial charge in [-0.15, -0.1) is 0 Å². The van der Waals surface area contributed by atoms with Gasteiger partial charge in [0.1, 0.15) is 5.82 Å². The molecule has 1 unspecified atom stereocenters. The zero-order valence-electron chi connectivity index (χ0n) is 9.84. The molecule has 1 aromatic rings. The molecule has 1 rings (SSSR count). The van der Waals surface area contributed by atoms with Crippen molar-refractivity contribution in [1.29, 1.82) is 0 Å². The van der Waals surface area contributed by atoms with Crippen LogP contribution in [0, 0.1) is 5.82 Å². The van der Waals surface area contributed by atoms with Crippen LogP contribution in [0.25, 0.3) is 6.08 Å². The standard InChI is InChI=1S/C13H15BrFNO/c1-3-9(2)16-13(17)7-4-10-8-11(14)5-6-12(10)15/h4-9H,3H2,1-2H3,(H,16,17). The van der Waals surface area contributed by atoms with Crippen LogP contribution >= 0.6 is 15.9 Å². The molecule has 0 aliphatic rings. The Hall–Kier alpha value is -1.16. The van der Waals surface area contributed by atoms with E-state index in [1.54, 1.807) is 12.1 Å². The summed E-state index contributed by atoms with van der Waals surface area (Å²) in [7, 11) is 0. The molecule has 1 N–H and O–H groups in total. The van der Waals surface area contributed by atoms with E-state index in [-0.39, 0.29) is 17.8 Å². The van der Waals surface area contributed by atoms with Crippen LogP contribution in [0.15, 0.2) is 28.7 Å². The number of carbonyl (C=O) groups excluding carboxylic acids is 1. The summed E-state index contributed by atoms with van der Waals surface area (Å²) in [6.07, 6.45) is 3.68. The largest absolute Gasteiger partial charge is 0.350 e. The van der Waals surface area contributed by atoms with Crippen molar-refractivity contribution in [1.82, 2.24) is 5.32 Å². The van der Waals surface area contributed by atoms with Gasteiger partial charge in [0.15, 0.2) is 0 Å². The second-order valence-electron chi connectivity index (χ2n) is 3.82. The van der Waals surface area contributed by atoms with E-state index >= 15 is 0 Å². The normalized spacial score (nSPS) is 12.7. The SMILES string of the molecule is CCC(C)NC(=O)C=Cc1cc(Br)ccc1F. The Morgan fingerprint density at radius 2 is 2.29 bits per heavy atom. The molecule has 17 heavy (non-hydrogen) atoms. The van der Waals surface area contributed by atoms with Crippen LogP contribution in [0.1, 0.15) is 25.8 Å². The van der Waals surface area contributed by atoms with Crippen LogP contribution in [-0.4, -0.2) is 11.9 Å². The summed E-state index contributed by atoms with van der Waals surface area (Å²) in [4.78, 5) is 11.4. The van der Waals surface area contributed by atoms with E-state index in [4.69, 9.17) is 0 Å². The van der Waals surface area contributed by atoms with Gasteiger partial charge in [-0.25, -0.2) is 4.39 Å². The minimum Gasteiger partial charge on any atom is -0.350 e. The van der Waals surface area contributed by atoms with Crippen molar-refractivity contribution in [3.8, 4) is 0 Å². The molecule has 0 bridgehead atoms. The average molecular weight is 300 g/mol. The van der Waals surface area contributed by atoms with Crippen molar-refractivity contribution in [2.45, 2.75) is 26.3 Å². The molecule has 1 atom stereocenters. The molecule has 0 spiro atoms. The fourth-order valence-electron chi connectivity index (χ4n) is 1.20. The van der Waals surface area contributed by atoms with Gasteiger partial charge in [-0.1, -0.05) is 22.9 Å². The number of benzene rings is 1. The second kappa shape index (κ2) is 6.55. The highest BCUT2D eigenvalue weighted by Gasteiger charge is 2.03. The lowest BCUT2D eigenvalue weighted by atomic mass is 10.2. The Kier molecular flexibility index (Phi) is 5.35. The third-order valence-electron chi connectivity index (χ3n) is 2.37. The quantitative estimate of drug-likeness (QED) is 0.847. The molecule has 92 valence electrons. The summed E-state index contributed by atoms with van der Waals surface area (Å²) < 4.78 is 14.1. The molecule has 0 radical (unpaired) electrons. The van der Waals surface area contributed by atoms with E-state index in [1.165, 1.54) is 18.2 Å². The van der Waals surface area contributed by atoms with Crippen LogP contribution in [0.4, 0.5) is 4.39 Å². The number of hydrogen-bond acceptors (Lipinski definition) is 1. The Morgan fingerprint density at radius 3 is 2.94 bits per heavy atom. The molecule has 1 aromatic carbocycles. The van der Waals surface area contributed by atoms with Crippen LogP contribution in [0.3, 0.4) is 0 Å². The maximum absolute atomic E-state index is 13.3. The highest BCUT2D eigenvalue weighted by molar-refractivity contribution is 9.10. The van der Waals surface area contributed by atoms with Gasteiger partial charge in [0.25, 0.3) is 0 Å². The summed E-state index contributed by atoms with van der Waals surface area (Å²) in [6.45, 7) is 3.91. The van der Waals surface area contributed by atoms with Crippen molar-refractivity contribution >= 4 is 27.9 Å². The zero-order chi connectivity index (χ0) is 12.8. The fraction of sp³-hybridized carbons (Fsp3) is 0.308. The van der Waals surface area contributed by atoms with Crippen LogP contribution < -0.4 is 5.32 Å². The molecule has 0 aliphatic heterocycles. The molecule has 2 nitrogen and oxygen atoms in total. The monoisotopic (exact) mass is 299 g/mol. The molecular weight excluding hydrogens is 285 g/mol. The number of hydrogen-bond donors (Lipinski definition) is 1. The van der Waals surface area contributed by atoms with E-state index in [0.29, 0.717) is 5.56 Å². The highest BCUT2D eigenvalue weighted by atomic mass is 79.9. The predicted molar refractivity (Wildman–Crippen MR) is 71.0 cm³/mol. The van der Waals surface area contributed by atoms with Crippen molar-refractivity contribution in [3.63, 3.8) is 0 Å². The number of amides is 1. The second-order valence-corrected chi connectivity index (χ2v) is 4.73. The molecular formula is C13H15BrFNO. The molecule has 0 saturated carbocycles. The summed E-state index contributed by atoms with van der Waals surface area (Å²) in [5.74, 6) is -0.556. The molecule has 0 saturated heterocycles. The lowest BCUT2D eigenvalue weighted by Gasteiger charge is -2.08. The Balaban J connectivity index is 2.70. The van der Waals surface area contributed by atoms with Gasteiger partial charge in [0, 0.05) is 22.2 Å². The van der Waals surface area contributed by atoms with Crippen LogP contribution in [0.5, 0.6) is 0 Å². The predicted octanol–water partition coefficient (Wildman–Crippen LogP) is 3.52. The van der Waals surface area contributed by atoms with Crippen LogP contribution in [-0.2, 0) is 4.79 Å². The van der Waals surface area contributed by atoms with Crippen molar-refractivity contribution in [3.05, 3.63) is 40.1 Å². The molecule has 0 fully saturated rings. The third-order valence-corrected chi connectivity index (χ3v) is 2.87. The van der Waals surface area contributed by atoms with Gasteiger partial charge < -0.3 is 5.32 Å². The molecule has 1 amide bonds. The Labute approximate surface area is 109 Å². The van der Waals surface area contributed by atoms with E-state index in [0.717, 1.165) is 10.9 Å². The smallest absolute Gasteiger partial charge is 0.244 e. The van der Waals surface area contributed by atoms with E-state index in [9.17, 15) is 9.18 Å². The average Bonchev–Trinajstić information content (AvgIpc) is 2.30. The zero-order valence-corrected chi connectivity index (χ0v) is 11.4. The summed E-state index contributed by atoms with van der Waals surface area (Å²) in [5, 5.41) is 2.77. The first-order valence-electron chi connectivity index (χ1n) is 5.46. The lowest BCUT2D eigenvalue weighted by molar-refractivity contribution is -0.117. The Bertz CT molecular complexity index is 431. The number of carbonyl (C=O) groups is 1. The van der Waals surface area contributed by atoms with Gasteiger partial charge >= 0.3 is 0 Å². The Morgan fingerprint density at radius 1 is 1.59 bits per heavy atom. The number of rotatable bonds is 4. The number of nitrogens with one attached hydrogen (secondary N) is 1. The van der Waals surface area contributed by atoms with Gasteiger partial charge in [0.2, 0.25) is 5.91 Å². The lowest BCUT2D eigenvalue weighted by Crippen LogP contribution is -2.30. The third kappa shape index (κ3) is 4.69. The first-order valence-corrected chi connectivity index (χ1v) is 6.26. The molecule has 4 heteroatoms. The van der Waals surface area contributed by atoms with Crippen molar-refractivity contribution in [2.24, 2.45) is 0 Å². The summed E-state index contributed by atoms with van der Waals surface area (Å²) in [5.41, 5.74) is 0.388. The van der Waals surface area contributed by atoms with Crippen molar-refractivity contribution < 1.29 is 9.18 Å². The minimum atomic E-state index is -0.346. The molecule has 0 heterocycles. The van der Waals surface area contributed by atoms with Gasteiger partial charge in [-0.2, -0.15) is 0 Å². The van der Waals surface area contributed by atoms with Crippen molar-refractivity contribution in [2.75, 3.05) is 0 Å². The first kappa shape index (κ1) is 13.9. The fourth-order valence-corrected chi connectivity index (χ4v) is 1.58. The van der Waals surface area contributed by atoms with Gasteiger partial charge in [-0.3, -0.25) is 4.79 Å². The molecule has 0 aliphatic carbocycles. The van der Waals surface area contributed by atoms with Gasteiger partial charge in [-0.05, 0) is 37.6 Å². The van der Waals surface area contributed by atoms with E-state index < -0.39 is 0 Å². The maximum atomic E-state index is 13.3. The van der Waals surface area contributed by atoms with E-state index in [2.05, 4.69) is 21.2 Å². The van der Waals surface area contributed by atoms with Gasteiger partial charge in [0.05, 0.1) is 0 Å². The van der Waals surface area contributed by atoms with E-state index in [1.807, 2.05) is 13.8 Å².